The molecule has 4 heteroatoms. The Morgan fingerprint density at radius 2 is 2.24 bits per heavy atom. The van der Waals surface area contributed by atoms with E-state index in [2.05, 4.69) is 37.4 Å². The third kappa shape index (κ3) is 2.48. The first kappa shape index (κ1) is 12.5. The molecule has 1 aromatic carbocycles. The van der Waals surface area contributed by atoms with Crippen molar-refractivity contribution in [2.24, 2.45) is 0 Å². The molecule has 1 aromatic rings. The van der Waals surface area contributed by atoms with Crippen LogP contribution in [0.3, 0.4) is 0 Å². The van der Waals surface area contributed by atoms with E-state index < -0.39 is 0 Å². The lowest BCUT2D eigenvalue weighted by Gasteiger charge is -2.32. The van der Waals surface area contributed by atoms with E-state index >= 15 is 0 Å². The Balaban J connectivity index is 2.41. The van der Waals surface area contributed by atoms with Gasteiger partial charge in [-0.2, -0.15) is 0 Å². The predicted molar refractivity (Wildman–Crippen MR) is 72.6 cm³/mol. The van der Waals surface area contributed by atoms with E-state index in [0.29, 0.717) is 5.75 Å². The van der Waals surface area contributed by atoms with Gasteiger partial charge in [0, 0.05) is 17.5 Å². The molecule has 0 aromatic heterocycles. The molecule has 3 nitrogen and oxygen atoms in total. The maximum Gasteiger partial charge on any atom is 0.237 e. The Morgan fingerprint density at radius 3 is 2.88 bits per heavy atom. The van der Waals surface area contributed by atoms with E-state index in [0.717, 1.165) is 12.2 Å². The van der Waals surface area contributed by atoms with Crippen LogP contribution < -0.4 is 10.2 Å². The monoisotopic (exact) mass is 250 g/mol. The van der Waals surface area contributed by atoms with E-state index in [1.54, 1.807) is 11.8 Å². The SMILES string of the molecule is CNCc1ccc2c(c1)N(C(C)C)C(=O)CS2. The first-order chi connectivity index (χ1) is 8.13. The van der Waals surface area contributed by atoms with Crippen molar-refractivity contribution < 1.29 is 4.79 Å². The molecular formula is C13H18N2OS. The van der Waals surface area contributed by atoms with Gasteiger partial charge in [-0.25, -0.2) is 0 Å². The molecule has 0 aliphatic carbocycles. The number of carbonyl (C=O) groups excluding carboxylic acids is 1. The topological polar surface area (TPSA) is 32.3 Å². The average molecular weight is 250 g/mol. The number of carbonyl (C=O) groups is 1. The summed E-state index contributed by atoms with van der Waals surface area (Å²) in [4.78, 5) is 15.1. The zero-order valence-corrected chi connectivity index (χ0v) is 11.3. The molecule has 1 N–H and O–H groups in total. The average Bonchev–Trinajstić information content (AvgIpc) is 2.28. The summed E-state index contributed by atoms with van der Waals surface area (Å²) in [6.07, 6.45) is 0. The van der Waals surface area contributed by atoms with Gasteiger partial charge in [-0.1, -0.05) is 6.07 Å². The van der Waals surface area contributed by atoms with E-state index in [9.17, 15) is 4.79 Å². The minimum Gasteiger partial charge on any atom is -0.316 e. The molecule has 1 aliphatic rings. The van der Waals surface area contributed by atoms with Crippen LogP contribution in [0, 0.1) is 0 Å². The van der Waals surface area contributed by atoms with Gasteiger partial charge in [-0.15, -0.1) is 11.8 Å². The molecule has 0 saturated heterocycles. The highest BCUT2D eigenvalue weighted by atomic mass is 32.2. The van der Waals surface area contributed by atoms with Gasteiger partial charge >= 0.3 is 0 Å². The molecule has 0 unspecified atom stereocenters. The standard InChI is InChI=1S/C13H18N2OS/c1-9(2)15-11-6-10(7-14-3)4-5-12(11)17-8-13(15)16/h4-6,9,14H,7-8H2,1-3H3. The van der Waals surface area contributed by atoms with E-state index in [1.807, 2.05) is 11.9 Å². The highest BCUT2D eigenvalue weighted by Gasteiger charge is 2.26. The van der Waals surface area contributed by atoms with Crippen LogP contribution in [0.1, 0.15) is 19.4 Å². The Kier molecular flexibility index (Phi) is 3.74. The molecule has 0 radical (unpaired) electrons. The summed E-state index contributed by atoms with van der Waals surface area (Å²) in [6.45, 7) is 4.95. The fourth-order valence-corrected chi connectivity index (χ4v) is 2.98. The van der Waals surface area contributed by atoms with Crippen molar-refractivity contribution in [1.82, 2.24) is 5.32 Å². The third-order valence-electron chi connectivity index (χ3n) is 2.80. The molecule has 1 aliphatic heterocycles. The fourth-order valence-electron chi connectivity index (χ4n) is 2.10. The summed E-state index contributed by atoms with van der Waals surface area (Å²) >= 11 is 1.63. The number of nitrogens with zero attached hydrogens (tertiary/aromatic N) is 1. The van der Waals surface area contributed by atoms with Crippen LogP contribution in [-0.4, -0.2) is 24.7 Å². The zero-order chi connectivity index (χ0) is 12.4. The van der Waals surface area contributed by atoms with E-state index in [1.165, 1.54) is 10.5 Å². The normalized spacial score (nSPS) is 15.3. The second kappa shape index (κ2) is 5.10. The van der Waals surface area contributed by atoms with Crippen molar-refractivity contribution in [3.05, 3.63) is 23.8 Å². The second-order valence-electron chi connectivity index (χ2n) is 4.48. The maximum absolute atomic E-state index is 12.0. The number of hydrogen-bond acceptors (Lipinski definition) is 3. The van der Waals surface area contributed by atoms with Crippen molar-refractivity contribution in [2.75, 3.05) is 17.7 Å². The summed E-state index contributed by atoms with van der Waals surface area (Å²) in [5.41, 5.74) is 2.28. The predicted octanol–water partition coefficient (Wildman–Crippen LogP) is 2.25. The van der Waals surface area contributed by atoms with Crippen LogP contribution in [0.5, 0.6) is 0 Å². The van der Waals surface area contributed by atoms with Crippen LogP contribution >= 0.6 is 11.8 Å². The van der Waals surface area contributed by atoms with Gasteiger partial charge in [-0.3, -0.25) is 4.79 Å². The third-order valence-corrected chi connectivity index (χ3v) is 3.85. The van der Waals surface area contributed by atoms with Crippen molar-refractivity contribution in [3.63, 3.8) is 0 Å². The quantitative estimate of drug-likeness (QED) is 0.893. The Labute approximate surface area is 107 Å². The van der Waals surface area contributed by atoms with Gasteiger partial charge in [0.1, 0.15) is 0 Å². The van der Waals surface area contributed by atoms with Gasteiger partial charge in [-0.05, 0) is 38.6 Å². The van der Waals surface area contributed by atoms with Crippen LogP contribution in [0.25, 0.3) is 0 Å². The van der Waals surface area contributed by atoms with Gasteiger partial charge in [0.05, 0.1) is 11.4 Å². The number of amides is 1. The highest BCUT2D eigenvalue weighted by molar-refractivity contribution is 8.00. The molecular weight excluding hydrogens is 232 g/mol. The number of nitrogens with one attached hydrogen (secondary N) is 1. The molecule has 0 bridgehead atoms. The fraction of sp³-hybridized carbons (Fsp3) is 0.462. The minimum absolute atomic E-state index is 0.208. The van der Waals surface area contributed by atoms with Gasteiger partial charge in [0.2, 0.25) is 5.91 Å². The molecule has 0 spiro atoms. The number of anilines is 1. The number of fused-ring (bicyclic) bond motifs is 1. The Morgan fingerprint density at radius 1 is 1.47 bits per heavy atom. The number of thioether (sulfide) groups is 1. The smallest absolute Gasteiger partial charge is 0.237 e. The first-order valence-corrected chi connectivity index (χ1v) is 6.84. The van der Waals surface area contributed by atoms with Crippen LogP contribution in [0.2, 0.25) is 0 Å². The molecule has 1 heterocycles. The van der Waals surface area contributed by atoms with E-state index in [-0.39, 0.29) is 11.9 Å². The summed E-state index contributed by atoms with van der Waals surface area (Å²) in [5.74, 6) is 0.760. The van der Waals surface area contributed by atoms with Crippen molar-refractivity contribution in [2.45, 2.75) is 31.3 Å². The summed E-state index contributed by atoms with van der Waals surface area (Å²) in [5, 5.41) is 3.14. The Hall–Kier alpha value is -1.000. The molecule has 1 amide bonds. The lowest BCUT2D eigenvalue weighted by atomic mass is 10.1. The molecule has 0 saturated carbocycles. The van der Waals surface area contributed by atoms with Gasteiger partial charge < -0.3 is 10.2 Å². The number of rotatable bonds is 3. The summed E-state index contributed by atoms with van der Waals surface area (Å²) in [7, 11) is 1.93. The largest absolute Gasteiger partial charge is 0.316 e. The van der Waals surface area contributed by atoms with Crippen LogP contribution in [0.4, 0.5) is 5.69 Å². The van der Waals surface area contributed by atoms with Gasteiger partial charge in [0.15, 0.2) is 0 Å². The summed E-state index contributed by atoms with van der Waals surface area (Å²) < 4.78 is 0. The van der Waals surface area contributed by atoms with Crippen molar-refractivity contribution >= 4 is 23.4 Å². The van der Waals surface area contributed by atoms with Gasteiger partial charge in [0.25, 0.3) is 0 Å². The molecule has 2 rings (SSSR count). The molecule has 0 atom stereocenters. The second-order valence-corrected chi connectivity index (χ2v) is 5.50. The molecule has 92 valence electrons. The van der Waals surface area contributed by atoms with E-state index in [4.69, 9.17) is 0 Å². The Bertz CT molecular complexity index is 431. The van der Waals surface area contributed by atoms with Crippen molar-refractivity contribution in [3.8, 4) is 0 Å². The molecule has 0 fully saturated rings. The highest BCUT2D eigenvalue weighted by Crippen LogP contribution is 2.36. The maximum atomic E-state index is 12.0. The van der Waals surface area contributed by atoms with Crippen LogP contribution in [0.15, 0.2) is 23.1 Å². The lowest BCUT2D eigenvalue weighted by molar-refractivity contribution is -0.116. The molecule has 17 heavy (non-hydrogen) atoms. The zero-order valence-electron chi connectivity index (χ0n) is 10.5. The number of hydrogen-bond donors (Lipinski definition) is 1. The van der Waals surface area contributed by atoms with Crippen LogP contribution in [-0.2, 0) is 11.3 Å². The number of benzene rings is 1. The first-order valence-electron chi connectivity index (χ1n) is 5.86. The lowest BCUT2D eigenvalue weighted by Crippen LogP contribution is -2.40. The van der Waals surface area contributed by atoms with Crippen molar-refractivity contribution in [1.29, 1.82) is 0 Å². The minimum atomic E-state index is 0.208. The summed E-state index contributed by atoms with van der Waals surface area (Å²) in [6, 6.07) is 6.58.